The number of piperazine rings is 1. The molecule has 28 heavy (non-hydrogen) atoms. The highest BCUT2D eigenvalue weighted by Crippen LogP contribution is 2.36. The lowest BCUT2D eigenvalue weighted by Gasteiger charge is -2.36. The SMILES string of the molecule is COc1cccc(OC)c1OC[C@H](O)CN1CCN(c2ccc(F)cc2)CC1. The maximum absolute atomic E-state index is 13.1. The van der Waals surface area contributed by atoms with E-state index in [1.165, 1.54) is 12.1 Å². The molecule has 152 valence electrons. The molecule has 2 aromatic rings. The summed E-state index contributed by atoms with van der Waals surface area (Å²) >= 11 is 0. The van der Waals surface area contributed by atoms with E-state index in [-0.39, 0.29) is 12.4 Å². The Hall–Kier alpha value is -2.51. The summed E-state index contributed by atoms with van der Waals surface area (Å²) in [6, 6.07) is 12.0. The van der Waals surface area contributed by atoms with Gasteiger partial charge in [0.15, 0.2) is 11.5 Å². The number of ether oxygens (including phenoxy) is 3. The molecule has 7 heteroatoms. The lowest BCUT2D eigenvalue weighted by molar-refractivity contribution is 0.0643. The summed E-state index contributed by atoms with van der Waals surface area (Å²) in [5, 5.41) is 10.4. The predicted octanol–water partition coefficient (Wildman–Crippen LogP) is 2.40. The first kappa shape index (κ1) is 20.2. The van der Waals surface area contributed by atoms with E-state index in [9.17, 15) is 9.50 Å². The summed E-state index contributed by atoms with van der Waals surface area (Å²) in [6.07, 6.45) is -0.632. The molecule has 3 rings (SSSR count). The van der Waals surface area contributed by atoms with Crippen molar-refractivity contribution >= 4 is 5.69 Å². The van der Waals surface area contributed by atoms with Crippen LogP contribution in [0.2, 0.25) is 0 Å². The van der Waals surface area contributed by atoms with Gasteiger partial charge in [-0.15, -0.1) is 0 Å². The maximum atomic E-state index is 13.1. The van der Waals surface area contributed by atoms with Gasteiger partial charge in [-0.3, -0.25) is 4.90 Å². The van der Waals surface area contributed by atoms with E-state index in [0.29, 0.717) is 23.8 Å². The van der Waals surface area contributed by atoms with E-state index < -0.39 is 6.10 Å². The number of para-hydroxylation sites is 1. The Balaban J connectivity index is 1.47. The lowest BCUT2D eigenvalue weighted by Crippen LogP contribution is -2.49. The molecule has 0 saturated carbocycles. The van der Waals surface area contributed by atoms with E-state index in [2.05, 4.69) is 9.80 Å². The van der Waals surface area contributed by atoms with Crippen molar-refractivity contribution in [2.45, 2.75) is 6.10 Å². The predicted molar refractivity (Wildman–Crippen MR) is 106 cm³/mol. The summed E-state index contributed by atoms with van der Waals surface area (Å²) in [5.41, 5.74) is 1.02. The molecule has 1 saturated heterocycles. The molecule has 0 aliphatic carbocycles. The average Bonchev–Trinajstić information content (AvgIpc) is 2.73. The number of methoxy groups -OCH3 is 2. The van der Waals surface area contributed by atoms with Crippen molar-refractivity contribution in [2.75, 3.05) is 58.5 Å². The minimum atomic E-state index is -0.632. The van der Waals surface area contributed by atoms with Gasteiger partial charge in [0, 0.05) is 38.4 Å². The number of benzene rings is 2. The molecular formula is C21H27FN2O4. The summed E-state index contributed by atoms with van der Waals surface area (Å²) in [5.74, 6) is 1.41. The van der Waals surface area contributed by atoms with Gasteiger partial charge in [-0.05, 0) is 36.4 Å². The third-order valence-electron chi connectivity index (χ3n) is 4.84. The molecule has 2 aromatic carbocycles. The largest absolute Gasteiger partial charge is 0.493 e. The molecule has 1 N–H and O–H groups in total. The number of aliphatic hydroxyl groups excluding tert-OH is 1. The first-order valence-electron chi connectivity index (χ1n) is 9.35. The van der Waals surface area contributed by atoms with E-state index >= 15 is 0 Å². The number of nitrogens with zero attached hydrogens (tertiary/aromatic N) is 2. The first-order valence-corrected chi connectivity index (χ1v) is 9.35. The zero-order chi connectivity index (χ0) is 19.9. The van der Waals surface area contributed by atoms with E-state index in [4.69, 9.17) is 14.2 Å². The van der Waals surface area contributed by atoms with Crippen LogP contribution in [0.15, 0.2) is 42.5 Å². The molecule has 1 heterocycles. The fourth-order valence-electron chi connectivity index (χ4n) is 3.33. The zero-order valence-electron chi connectivity index (χ0n) is 16.3. The maximum Gasteiger partial charge on any atom is 0.203 e. The summed E-state index contributed by atoms with van der Waals surface area (Å²) in [7, 11) is 3.14. The second-order valence-electron chi connectivity index (χ2n) is 6.72. The van der Waals surface area contributed by atoms with Crippen LogP contribution in [0.3, 0.4) is 0 Å². The zero-order valence-corrected chi connectivity index (χ0v) is 16.3. The van der Waals surface area contributed by atoms with Crippen molar-refractivity contribution in [1.82, 2.24) is 4.90 Å². The van der Waals surface area contributed by atoms with Gasteiger partial charge in [0.05, 0.1) is 14.2 Å². The van der Waals surface area contributed by atoms with Crippen LogP contribution >= 0.6 is 0 Å². The van der Waals surface area contributed by atoms with Gasteiger partial charge in [-0.2, -0.15) is 0 Å². The van der Waals surface area contributed by atoms with Crippen molar-refractivity contribution in [3.8, 4) is 17.2 Å². The number of aliphatic hydroxyl groups is 1. The lowest BCUT2D eigenvalue weighted by atomic mass is 10.2. The molecule has 0 amide bonds. The second kappa shape index (κ2) is 9.61. The molecule has 0 unspecified atom stereocenters. The molecule has 0 bridgehead atoms. The van der Waals surface area contributed by atoms with Gasteiger partial charge in [-0.25, -0.2) is 4.39 Å². The third-order valence-corrected chi connectivity index (χ3v) is 4.84. The standard InChI is InChI=1S/C21H27FN2O4/c1-26-19-4-3-5-20(27-2)21(19)28-15-18(25)14-23-10-12-24(13-11-23)17-8-6-16(22)7-9-17/h3-9,18,25H,10-15H2,1-2H3/t18-/m1/s1. The van der Waals surface area contributed by atoms with Gasteiger partial charge in [0.2, 0.25) is 5.75 Å². The quantitative estimate of drug-likeness (QED) is 0.747. The highest BCUT2D eigenvalue weighted by atomic mass is 19.1. The smallest absolute Gasteiger partial charge is 0.203 e. The minimum Gasteiger partial charge on any atom is -0.493 e. The fourth-order valence-corrected chi connectivity index (χ4v) is 3.33. The first-order chi connectivity index (χ1) is 13.6. The molecule has 6 nitrogen and oxygen atoms in total. The van der Waals surface area contributed by atoms with Gasteiger partial charge in [-0.1, -0.05) is 6.07 Å². The summed E-state index contributed by atoms with van der Waals surface area (Å²) < 4.78 is 29.5. The van der Waals surface area contributed by atoms with E-state index in [1.54, 1.807) is 38.5 Å². The van der Waals surface area contributed by atoms with Crippen LogP contribution in [0.1, 0.15) is 0 Å². The molecule has 0 spiro atoms. The van der Waals surface area contributed by atoms with Crippen molar-refractivity contribution in [3.05, 3.63) is 48.3 Å². The van der Waals surface area contributed by atoms with Crippen molar-refractivity contribution in [3.63, 3.8) is 0 Å². The molecule has 1 aliphatic heterocycles. The van der Waals surface area contributed by atoms with Crippen LogP contribution in [0.5, 0.6) is 17.2 Å². The fraction of sp³-hybridized carbons (Fsp3) is 0.429. The van der Waals surface area contributed by atoms with Crippen molar-refractivity contribution in [1.29, 1.82) is 0 Å². The third kappa shape index (κ3) is 5.05. The van der Waals surface area contributed by atoms with Crippen LogP contribution in [0.25, 0.3) is 0 Å². The Morgan fingerprint density at radius 1 is 0.964 bits per heavy atom. The van der Waals surface area contributed by atoms with Crippen molar-refractivity contribution < 1.29 is 23.7 Å². The van der Waals surface area contributed by atoms with Crippen LogP contribution in [-0.4, -0.2) is 69.7 Å². The number of anilines is 1. The number of β-amino-alcohol motifs (C(OH)–C–C–N with tert-alkyl or cyclic N) is 1. The van der Waals surface area contributed by atoms with Crippen LogP contribution < -0.4 is 19.1 Å². The van der Waals surface area contributed by atoms with Crippen LogP contribution in [-0.2, 0) is 0 Å². The number of hydrogen-bond donors (Lipinski definition) is 1. The Morgan fingerprint density at radius 2 is 1.57 bits per heavy atom. The highest BCUT2D eigenvalue weighted by molar-refractivity contribution is 5.51. The Morgan fingerprint density at radius 3 is 2.14 bits per heavy atom. The molecular weight excluding hydrogens is 363 g/mol. The van der Waals surface area contributed by atoms with Gasteiger partial charge in [0.25, 0.3) is 0 Å². The molecule has 1 aliphatic rings. The Bertz CT molecular complexity index is 726. The van der Waals surface area contributed by atoms with Gasteiger partial charge in [0.1, 0.15) is 18.5 Å². The minimum absolute atomic E-state index is 0.148. The van der Waals surface area contributed by atoms with Crippen LogP contribution in [0.4, 0.5) is 10.1 Å². The van der Waals surface area contributed by atoms with Crippen molar-refractivity contribution in [2.24, 2.45) is 0 Å². The molecule has 0 radical (unpaired) electrons. The van der Waals surface area contributed by atoms with E-state index in [1.807, 2.05) is 6.07 Å². The van der Waals surface area contributed by atoms with Crippen LogP contribution in [0, 0.1) is 5.82 Å². The second-order valence-corrected chi connectivity index (χ2v) is 6.72. The summed E-state index contributed by atoms with van der Waals surface area (Å²) in [6.45, 7) is 3.99. The van der Waals surface area contributed by atoms with E-state index in [0.717, 1.165) is 31.9 Å². The molecule has 1 fully saturated rings. The highest BCUT2D eigenvalue weighted by Gasteiger charge is 2.21. The normalized spacial score (nSPS) is 15.9. The monoisotopic (exact) mass is 390 g/mol. The number of rotatable bonds is 8. The Kier molecular flexibility index (Phi) is 6.95. The number of halogens is 1. The van der Waals surface area contributed by atoms with Gasteiger partial charge < -0.3 is 24.2 Å². The molecule has 1 atom stereocenters. The molecule has 0 aromatic heterocycles. The van der Waals surface area contributed by atoms with Gasteiger partial charge >= 0.3 is 0 Å². The number of hydrogen-bond acceptors (Lipinski definition) is 6. The Labute approximate surface area is 165 Å². The average molecular weight is 390 g/mol. The summed E-state index contributed by atoms with van der Waals surface area (Å²) in [4.78, 5) is 4.42. The topological polar surface area (TPSA) is 54.4 Å².